The zero-order chi connectivity index (χ0) is 27.1. The van der Waals surface area contributed by atoms with E-state index >= 15 is 4.39 Å². The number of carbonyl (C=O) groups is 1. The number of piperazine rings is 1. The number of hydrogen-bond donors (Lipinski definition) is 1. The number of anilines is 1. The van der Waals surface area contributed by atoms with Crippen LogP contribution in [0.5, 0.6) is 5.75 Å². The Hall–Kier alpha value is -3.31. The number of pyridine rings is 2. The minimum absolute atomic E-state index is 0. The van der Waals surface area contributed by atoms with E-state index in [1.807, 2.05) is 11.8 Å². The molecule has 0 spiro atoms. The molecule has 1 aromatic carbocycles. The number of rotatable bonds is 4. The number of carbonyl (C=O) groups excluding carboxylic acids is 1. The van der Waals surface area contributed by atoms with Crippen molar-refractivity contribution in [2.75, 3.05) is 24.5 Å². The molecule has 0 aliphatic carbocycles. The second kappa shape index (κ2) is 12.5. The van der Waals surface area contributed by atoms with Crippen molar-refractivity contribution in [3.05, 3.63) is 90.5 Å². The molecule has 1 N–H and O–H groups in total. The molecule has 1 fully saturated rings. The number of benzene rings is 1. The van der Waals surface area contributed by atoms with Crippen LogP contribution in [-0.4, -0.2) is 61.1 Å². The van der Waals surface area contributed by atoms with Gasteiger partial charge in [-0.25, -0.2) is 18.6 Å². The van der Waals surface area contributed by atoms with Crippen molar-refractivity contribution in [3.63, 3.8) is 0 Å². The Morgan fingerprint density at radius 2 is 1.95 bits per heavy atom. The first-order valence-corrected chi connectivity index (χ1v) is 11.8. The van der Waals surface area contributed by atoms with Crippen molar-refractivity contribution < 1.29 is 60.0 Å². The standard InChI is InChI=1S/C27H23F2N6O3.CH3.Pr/c1-4-22(37)33-10-11-34(16(3)14-33)25-17-12-19(29)24(23-18(28)6-5-7-21(23)36)31-26(17)35(27(38)32-25)20-13-30-9-8-15(20)2;;/h4-9,12,16,36H,1,10-11,14H2,2-3H3;1H3;/q2*-1;/t16-;;/m0../s1. The van der Waals surface area contributed by atoms with Crippen LogP contribution in [0.25, 0.3) is 28.0 Å². The van der Waals surface area contributed by atoms with Crippen LogP contribution in [0.3, 0.4) is 0 Å². The Morgan fingerprint density at radius 1 is 1.20 bits per heavy atom. The number of phenols is 1. The average Bonchev–Trinajstić information content (AvgIpc) is 2.89. The van der Waals surface area contributed by atoms with Gasteiger partial charge in [0.15, 0.2) is 11.5 Å². The van der Waals surface area contributed by atoms with Gasteiger partial charge >= 0.3 is 5.69 Å². The Balaban J connectivity index is 0.00000220. The first-order valence-electron chi connectivity index (χ1n) is 11.8. The van der Waals surface area contributed by atoms with Crippen molar-refractivity contribution >= 4 is 22.8 Å². The number of phenolic OH excluding ortho intramolecular Hbond substituents is 1. The predicted octanol–water partition coefficient (Wildman–Crippen LogP) is 3.61. The fourth-order valence-electron chi connectivity index (χ4n) is 4.69. The maximum atomic E-state index is 15.6. The summed E-state index contributed by atoms with van der Waals surface area (Å²) in [6.45, 7) is 8.13. The van der Waals surface area contributed by atoms with Crippen LogP contribution in [-0.2, 0) is 4.79 Å². The zero-order valence-electron chi connectivity index (χ0n) is 22.2. The molecule has 1 radical (unpaired) electrons. The summed E-state index contributed by atoms with van der Waals surface area (Å²) in [5.41, 5.74) is -0.749. The van der Waals surface area contributed by atoms with Crippen LogP contribution >= 0.6 is 0 Å². The summed E-state index contributed by atoms with van der Waals surface area (Å²) in [5.74, 6) is -2.32. The molecule has 9 nitrogen and oxygen atoms in total. The number of aryl methyl sites for hydroxylation is 1. The molecule has 1 aliphatic heterocycles. The van der Waals surface area contributed by atoms with Gasteiger partial charge in [-0.1, -0.05) is 32.0 Å². The molecular weight excluding hydrogens is 647 g/mol. The predicted molar refractivity (Wildman–Crippen MR) is 144 cm³/mol. The molecule has 12 heteroatoms. The van der Waals surface area contributed by atoms with Gasteiger partial charge in [0.2, 0.25) is 5.91 Å². The number of aromatic nitrogens is 4. The monoisotopic (exact) mass is 673 g/mol. The average molecular weight is 673 g/mol. The van der Waals surface area contributed by atoms with Crippen molar-refractivity contribution in [3.8, 4) is 22.7 Å². The number of nitrogens with zero attached hydrogens (tertiary/aromatic N) is 6. The fourth-order valence-corrected chi connectivity index (χ4v) is 4.69. The molecule has 3 aromatic heterocycles. The van der Waals surface area contributed by atoms with E-state index in [9.17, 15) is 19.1 Å². The summed E-state index contributed by atoms with van der Waals surface area (Å²) >= 11 is 0. The van der Waals surface area contributed by atoms with E-state index in [-0.39, 0.29) is 83.2 Å². The third-order valence-corrected chi connectivity index (χ3v) is 6.58. The van der Waals surface area contributed by atoms with Gasteiger partial charge in [-0.15, -0.1) is 5.56 Å². The summed E-state index contributed by atoms with van der Waals surface area (Å²) in [4.78, 5) is 41.7. The molecule has 1 saturated heterocycles. The fraction of sp³-hybridized carbons (Fsp3) is 0.214. The maximum Gasteiger partial charge on any atom is 0.353 e. The van der Waals surface area contributed by atoms with Crippen molar-refractivity contribution in [1.29, 1.82) is 0 Å². The number of halogens is 2. The Labute approximate surface area is 263 Å². The van der Waals surface area contributed by atoms with Crippen molar-refractivity contribution in [2.24, 2.45) is 0 Å². The van der Waals surface area contributed by atoms with Gasteiger partial charge in [-0.3, -0.25) is 9.36 Å². The smallest absolute Gasteiger partial charge is 0.353 e. The first-order chi connectivity index (χ1) is 18.2. The summed E-state index contributed by atoms with van der Waals surface area (Å²) in [6, 6.07) is 6.11. The molecule has 0 unspecified atom stereocenters. The Kier molecular flexibility index (Phi) is 9.74. The molecule has 205 valence electrons. The SMILES string of the molecule is C=CC(=O)N1CCN(c2nc(=O)n(-c3[c-]nccc3C)c3nc(-c4c(O)cccc4F)c(F)cc23)[C@@H](C)C1.[CH3-].[Pr]. The molecule has 40 heavy (non-hydrogen) atoms. The zero-order valence-corrected chi connectivity index (χ0v) is 25.9. The van der Waals surface area contributed by atoms with Crippen molar-refractivity contribution in [1.82, 2.24) is 24.4 Å². The van der Waals surface area contributed by atoms with E-state index in [1.54, 1.807) is 17.9 Å². The van der Waals surface area contributed by atoms with E-state index in [1.165, 1.54) is 24.4 Å². The quantitative estimate of drug-likeness (QED) is 0.261. The maximum absolute atomic E-state index is 15.6. The number of amides is 1. The van der Waals surface area contributed by atoms with Crippen LogP contribution in [0.15, 0.2) is 54.0 Å². The second-order valence-electron chi connectivity index (χ2n) is 9.00. The van der Waals surface area contributed by atoms with E-state index in [2.05, 4.69) is 27.7 Å². The first kappa shape index (κ1) is 31.2. The van der Waals surface area contributed by atoms with E-state index in [0.717, 1.165) is 16.7 Å². The molecule has 0 bridgehead atoms. The minimum Gasteiger partial charge on any atom is -0.507 e. The summed E-state index contributed by atoms with van der Waals surface area (Å²) in [6.07, 6.45) is 5.51. The van der Waals surface area contributed by atoms with Crippen molar-refractivity contribution in [2.45, 2.75) is 19.9 Å². The molecule has 4 heterocycles. The van der Waals surface area contributed by atoms with Crippen LogP contribution in [0.4, 0.5) is 14.6 Å². The third kappa shape index (κ3) is 5.49. The molecule has 1 atom stereocenters. The van der Waals surface area contributed by atoms with Gasteiger partial charge in [0.1, 0.15) is 23.1 Å². The van der Waals surface area contributed by atoms with E-state index < -0.39 is 34.3 Å². The number of aromatic hydroxyl groups is 1. The number of hydrogen-bond acceptors (Lipinski definition) is 7. The Bertz CT molecular complexity index is 1640. The van der Waals surface area contributed by atoms with E-state index in [4.69, 9.17) is 0 Å². The van der Waals surface area contributed by atoms with Gasteiger partial charge in [-0.05, 0) is 36.9 Å². The van der Waals surface area contributed by atoms with Gasteiger partial charge in [0.05, 0.1) is 10.9 Å². The van der Waals surface area contributed by atoms with Gasteiger partial charge < -0.3 is 27.3 Å². The van der Waals surface area contributed by atoms with Crippen LogP contribution in [0, 0.1) is 73.5 Å². The molecule has 1 amide bonds. The summed E-state index contributed by atoms with van der Waals surface area (Å²) in [5, 5.41) is 10.5. The topological polar surface area (TPSA) is 104 Å². The minimum atomic E-state index is -0.911. The summed E-state index contributed by atoms with van der Waals surface area (Å²) < 4.78 is 31.4. The van der Waals surface area contributed by atoms with Gasteiger partial charge in [-0.2, -0.15) is 11.1 Å². The second-order valence-corrected chi connectivity index (χ2v) is 9.00. The normalized spacial score (nSPS) is 14.8. The molecule has 0 saturated carbocycles. The van der Waals surface area contributed by atoms with E-state index in [0.29, 0.717) is 25.2 Å². The summed E-state index contributed by atoms with van der Waals surface area (Å²) in [7, 11) is 0. The molecular formula is C28H26F2N6O3Pr-2. The van der Waals surface area contributed by atoms with Gasteiger partial charge in [0.25, 0.3) is 0 Å². The molecule has 4 aromatic rings. The van der Waals surface area contributed by atoms with Crippen LogP contribution < -0.4 is 10.6 Å². The third-order valence-electron chi connectivity index (χ3n) is 6.58. The van der Waals surface area contributed by atoms with Crippen LogP contribution in [0.2, 0.25) is 0 Å². The van der Waals surface area contributed by atoms with Crippen LogP contribution in [0.1, 0.15) is 12.5 Å². The Morgan fingerprint density at radius 3 is 2.60 bits per heavy atom. The van der Waals surface area contributed by atoms with Gasteiger partial charge in [0, 0.05) is 67.0 Å². The number of fused-ring (bicyclic) bond motifs is 1. The molecule has 5 rings (SSSR count). The molecule has 1 aliphatic rings. The largest absolute Gasteiger partial charge is 0.507 e.